The maximum Gasteiger partial charge on any atom is 0.344 e. The zero-order valence-electron chi connectivity index (χ0n) is 18.6. The Kier molecular flexibility index (Phi) is 6.32. The molecule has 3 aromatic rings. The zero-order valence-corrected chi connectivity index (χ0v) is 18.6. The van der Waals surface area contributed by atoms with Gasteiger partial charge in [-0.15, -0.1) is 0 Å². The van der Waals surface area contributed by atoms with E-state index < -0.39 is 0 Å². The summed E-state index contributed by atoms with van der Waals surface area (Å²) >= 11 is 0. The second-order valence-corrected chi connectivity index (χ2v) is 8.19. The highest BCUT2D eigenvalue weighted by Crippen LogP contribution is 2.22. The number of hydrogen-bond acceptors (Lipinski definition) is 6. The van der Waals surface area contributed by atoms with Gasteiger partial charge in [0.15, 0.2) is 5.78 Å². The normalized spacial score (nSPS) is 16.7. The van der Waals surface area contributed by atoms with Crippen molar-refractivity contribution in [3.8, 4) is 11.6 Å². The van der Waals surface area contributed by atoms with Crippen LogP contribution in [0.3, 0.4) is 0 Å². The van der Waals surface area contributed by atoms with E-state index in [4.69, 9.17) is 4.74 Å². The molecular formula is C24H27N5O3. The number of hydrogen-bond donors (Lipinski definition) is 0. The van der Waals surface area contributed by atoms with Crippen LogP contribution in [-0.2, 0) is 6.54 Å². The van der Waals surface area contributed by atoms with Crippen molar-refractivity contribution in [1.29, 1.82) is 0 Å². The molecule has 1 aromatic carbocycles. The number of ketones is 1. The number of ether oxygens (including phenoxy) is 1. The minimum Gasteiger partial charge on any atom is -0.439 e. The summed E-state index contributed by atoms with van der Waals surface area (Å²) in [5.74, 6) is 1.17. The lowest BCUT2D eigenvalue weighted by molar-refractivity contribution is 0.0964. The van der Waals surface area contributed by atoms with E-state index in [2.05, 4.69) is 21.0 Å². The largest absolute Gasteiger partial charge is 0.439 e. The van der Waals surface area contributed by atoms with Crippen molar-refractivity contribution in [3.05, 3.63) is 71.7 Å². The first kappa shape index (κ1) is 21.7. The highest BCUT2D eigenvalue weighted by atomic mass is 16.5. The Bertz CT molecular complexity index is 1110. The number of amides is 1. The van der Waals surface area contributed by atoms with Gasteiger partial charge in [-0.25, -0.2) is 9.78 Å². The molecule has 32 heavy (non-hydrogen) atoms. The van der Waals surface area contributed by atoms with E-state index in [9.17, 15) is 9.59 Å². The first-order chi connectivity index (χ1) is 15.4. The van der Waals surface area contributed by atoms with Gasteiger partial charge in [0.25, 0.3) is 0 Å². The molecule has 4 rings (SSSR count). The average Bonchev–Trinajstić information content (AvgIpc) is 3.26. The number of nitrogens with zero attached hydrogens (tertiary/aromatic N) is 5. The van der Waals surface area contributed by atoms with Gasteiger partial charge in [0.2, 0.25) is 5.88 Å². The quantitative estimate of drug-likeness (QED) is 0.570. The molecule has 8 nitrogen and oxygen atoms in total. The minimum atomic E-state index is -0.203. The van der Waals surface area contributed by atoms with Gasteiger partial charge in [-0.3, -0.25) is 9.69 Å². The molecule has 0 aliphatic carbocycles. The Labute approximate surface area is 187 Å². The Morgan fingerprint density at radius 3 is 2.69 bits per heavy atom. The molecule has 1 fully saturated rings. The predicted octanol–water partition coefficient (Wildman–Crippen LogP) is 3.76. The molecule has 3 heterocycles. The summed E-state index contributed by atoms with van der Waals surface area (Å²) in [6.45, 7) is 8.32. The number of carbonyl (C=O) groups is 2. The average molecular weight is 434 g/mol. The minimum absolute atomic E-state index is 0.0254. The van der Waals surface area contributed by atoms with Crippen LogP contribution in [0.1, 0.15) is 35.5 Å². The van der Waals surface area contributed by atoms with Crippen molar-refractivity contribution < 1.29 is 14.3 Å². The number of carbonyl (C=O) groups excluding carboxylic acids is 2. The van der Waals surface area contributed by atoms with Crippen LogP contribution in [0.4, 0.5) is 4.79 Å². The van der Waals surface area contributed by atoms with Crippen LogP contribution in [-0.4, -0.2) is 62.1 Å². The number of pyridine rings is 1. The van der Waals surface area contributed by atoms with Crippen molar-refractivity contribution in [3.63, 3.8) is 0 Å². The molecule has 166 valence electrons. The molecule has 1 aliphatic heterocycles. The maximum absolute atomic E-state index is 12.8. The molecule has 0 N–H and O–H groups in total. The first-order valence-corrected chi connectivity index (χ1v) is 10.7. The fourth-order valence-electron chi connectivity index (χ4n) is 3.81. The number of benzene rings is 1. The van der Waals surface area contributed by atoms with Gasteiger partial charge in [-0.2, -0.15) is 9.78 Å². The predicted molar refractivity (Wildman–Crippen MR) is 120 cm³/mol. The number of aryl methyl sites for hydroxylation is 1. The van der Waals surface area contributed by atoms with Gasteiger partial charge in [0.1, 0.15) is 11.4 Å². The monoisotopic (exact) mass is 433 g/mol. The Morgan fingerprint density at radius 1 is 1.16 bits per heavy atom. The summed E-state index contributed by atoms with van der Waals surface area (Å²) in [5, 5.41) is 4.10. The van der Waals surface area contributed by atoms with Gasteiger partial charge >= 0.3 is 6.03 Å². The lowest BCUT2D eigenvalue weighted by Crippen LogP contribution is -2.54. The molecule has 0 unspecified atom stereocenters. The Balaban J connectivity index is 1.36. The molecule has 0 bridgehead atoms. The van der Waals surface area contributed by atoms with E-state index in [0.717, 1.165) is 36.5 Å². The standard InChI is InChI=1S/C24H27N5O3/c1-17-7-8-23(25-14-17)32-21-6-4-5-20(13-21)16-27-11-12-28(18(2)15-27)24(31)29-10-9-22(26-29)19(3)30/h4-10,13-14,18H,11-12,15-16H2,1-3H3/t18-/m0/s1. The number of Topliss-reactive ketones (excluding diaryl/α,β-unsaturated/α-hetero) is 1. The van der Waals surface area contributed by atoms with E-state index in [0.29, 0.717) is 18.1 Å². The zero-order chi connectivity index (χ0) is 22.7. The highest BCUT2D eigenvalue weighted by Gasteiger charge is 2.29. The van der Waals surface area contributed by atoms with Crippen LogP contribution in [0.5, 0.6) is 11.6 Å². The summed E-state index contributed by atoms with van der Waals surface area (Å²) < 4.78 is 7.14. The van der Waals surface area contributed by atoms with Crippen molar-refractivity contribution in [1.82, 2.24) is 24.6 Å². The van der Waals surface area contributed by atoms with Gasteiger partial charge in [0, 0.05) is 57.6 Å². The highest BCUT2D eigenvalue weighted by molar-refractivity contribution is 5.92. The van der Waals surface area contributed by atoms with Crippen LogP contribution in [0.2, 0.25) is 0 Å². The third-order valence-corrected chi connectivity index (χ3v) is 5.51. The third-order valence-electron chi connectivity index (χ3n) is 5.51. The summed E-state index contributed by atoms with van der Waals surface area (Å²) in [6.07, 6.45) is 3.33. The Hall–Kier alpha value is -3.52. The van der Waals surface area contributed by atoms with E-state index in [1.807, 2.05) is 44.2 Å². The van der Waals surface area contributed by atoms with Crippen molar-refractivity contribution in [2.24, 2.45) is 0 Å². The van der Waals surface area contributed by atoms with Crippen LogP contribution in [0.25, 0.3) is 0 Å². The molecule has 1 aliphatic rings. The second kappa shape index (κ2) is 9.32. The topological polar surface area (TPSA) is 80.6 Å². The van der Waals surface area contributed by atoms with Crippen LogP contribution < -0.4 is 4.74 Å². The number of piperazine rings is 1. The summed E-state index contributed by atoms with van der Waals surface area (Å²) in [7, 11) is 0. The van der Waals surface area contributed by atoms with Crippen LogP contribution in [0.15, 0.2) is 54.9 Å². The van der Waals surface area contributed by atoms with Crippen molar-refractivity contribution >= 4 is 11.8 Å². The maximum atomic E-state index is 12.8. The third kappa shape index (κ3) is 5.03. The molecule has 0 radical (unpaired) electrons. The molecule has 0 spiro atoms. The van der Waals surface area contributed by atoms with Gasteiger partial charge < -0.3 is 9.64 Å². The molecule has 0 saturated carbocycles. The summed E-state index contributed by atoms with van der Waals surface area (Å²) in [6, 6.07) is 13.2. The molecule has 8 heteroatoms. The second-order valence-electron chi connectivity index (χ2n) is 8.19. The fraction of sp³-hybridized carbons (Fsp3) is 0.333. The van der Waals surface area contributed by atoms with Crippen molar-refractivity contribution in [2.45, 2.75) is 33.4 Å². The Morgan fingerprint density at radius 2 is 2.00 bits per heavy atom. The molecule has 1 amide bonds. The van der Waals surface area contributed by atoms with Crippen LogP contribution in [0, 0.1) is 6.92 Å². The molecule has 1 saturated heterocycles. The number of aromatic nitrogens is 3. The molecule has 1 atom stereocenters. The summed E-state index contributed by atoms with van der Waals surface area (Å²) in [4.78, 5) is 32.7. The van der Waals surface area contributed by atoms with E-state index >= 15 is 0 Å². The lowest BCUT2D eigenvalue weighted by atomic mass is 10.1. The van der Waals surface area contributed by atoms with E-state index in [-0.39, 0.29) is 17.9 Å². The van der Waals surface area contributed by atoms with Crippen LogP contribution >= 0.6 is 0 Å². The fourth-order valence-corrected chi connectivity index (χ4v) is 3.81. The SMILES string of the molecule is CC(=O)c1ccn(C(=O)N2CCN(Cc3cccc(Oc4ccc(C)cn4)c3)C[C@@H]2C)n1. The lowest BCUT2D eigenvalue weighted by Gasteiger charge is -2.39. The molecular weight excluding hydrogens is 406 g/mol. The van der Waals surface area contributed by atoms with Gasteiger partial charge in [-0.1, -0.05) is 18.2 Å². The van der Waals surface area contributed by atoms with Crippen molar-refractivity contribution in [2.75, 3.05) is 19.6 Å². The summed E-state index contributed by atoms with van der Waals surface area (Å²) in [5.41, 5.74) is 2.53. The molecule has 2 aromatic heterocycles. The smallest absolute Gasteiger partial charge is 0.344 e. The van der Waals surface area contributed by atoms with Gasteiger partial charge in [0.05, 0.1) is 0 Å². The first-order valence-electron chi connectivity index (χ1n) is 10.7. The van der Waals surface area contributed by atoms with E-state index in [1.54, 1.807) is 23.4 Å². The van der Waals surface area contributed by atoms with E-state index in [1.165, 1.54) is 11.6 Å². The van der Waals surface area contributed by atoms with Gasteiger partial charge in [-0.05, 0) is 43.2 Å². The number of rotatable bonds is 5.